The maximum absolute atomic E-state index is 11.7. The topological polar surface area (TPSA) is 75.6 Å². The lowest BCUT2D eigenvalue weighted by Crippen LogP contribution is -2.39. The quantitative estimate of drug-likeness (QED) is 0.782. The van der Waals surface area contributed by atoms with Crippen LogP contribution in [-0.2, 0) is 9.59 Å². The number of rotatable bonds is 2. The van der Waals surface area contributed by atoms with Crippen LogP contribution in [0.4, 0.5) is 0 Å². The molecule has 2 atom stereocenters. The van der Waals surface area contributed by atoms with Gasteiger partial charge >= 0.3 is 5.97 Å². The van der Waals surface area contributed by atoms with E-state index in [4.69, 9.17) is 9.84 Å². The van der Waals surface area contributed by atoms with E-state index in [0.717, 1.165) is 17.2 Å². The van der Waals surface area contributed by atoms with Gasteiger partial charge in [-0.25, -0.2) is 4.79 Å². The Kier molecular flexibility index (Phi) is 2.59. The fourth-order valence-electron chi connectivity index (χ4n) is 2.32. The van der Waals surface area contributed by atoms with Crippen molar-refractivity contribution in [3.63, 3.8) is 0 Å². The van der Waals surface area contributed by atoms with Crippen molar-refractivity contribution in [2.45, 2.75) is 12.0 Å². The number of nitrogens with one attached hydrogen (secondary N) is 1. The predicted molar refractivity (Wildman–Crippen MR) is 67.6 cm³/mol. The average Bonchev–Trinajstić information content (AvgIpc) is 2.76. The zero-order chi connectivity index (χ0) is 13.4. The van der Waals surface area contributed by atoms with Crippen LogP contribution >= 0.6 is 0 Å². The molecule has 2 N–H and O–H groups in total. The van der Waals surface area contributed by atoms with Gasteiger partial charge < -0.3 is 15.2 Å². The van der Waals surface area contributed by atoms with Crippen molar-refractivity contribution in [2.24, 2.45) is 0 Å². The highest BCUT2D eigenvalue weighted by Crippen LogP contribution is 2.40. The molecule has 2 aliphatic heterocycles. The van der Waals surface area contributed by atoms with E-state index >= 15 is 0 Å². The minimum atomic E-state index is -0.994. The van der Waals surface area contributed by atoms with Crippen LogP contribution in [0.1, 0.15) is 17.0 Å². The molecule has 0 fully saturated rings. The van der Waals surface area contributed by atoms with Crippen LogP contribution in [0, 0.1) is 0 Å². The summed E-state index contributed by atoms with van der Waals surface area (Å²) in [5.74, 6) is -0.594. The summed E-state index contributed by atoms with van der Waals surface area (Å²) in [5, 5.41) is 11.2. The largest absolute Gasteiger partial charge is 0.479 e. The van der Waals surface area contributed by atoms with Gasteiger partial charge in [0.05, 0.1) is 5.92 Å². The predicted octanol–water partition coefficient (Wildman–Crippen LogP) is 1.27. The van der Waals surface area contributed by atoms with Crippen LogP contribution < -0.4 is 10.1 Å². The molecule has 1 aromatic carbocycles. The molecule has 0 bridgehead atoms. The Hall–Kier alpha value is -2.56. The van der Waals surface area contributed by atoms with E-state index in [0.29, 0.717) is 5.75 Å². The zero-order valence-electron chi connectivity index (χ0n) is 9.87. The van der Waals surface area contributed by atoms with E-state index in [9.17, 15) is 9.59 Å². The number of amides is 1. The molecule has 96 valence electrons. The van der Waals surface area contributed by atoms with Gasteiger partial charge in [-0.15, -0.1) is 0 Å². The molecule has 0 aliphatic carbocycles. The number of hydrogen-bond acceptors (Lipinski definition) is 3. The Morgan fingerprint density at radius 1 is 1.42 bits per heavy atom. The number of fused-ring (bicyclic) bond motifs is 3. The first-order chi connectivity index (χ1) is 9.15. The summed E-state index contributed by atoms with van der Waals surface area (Å²) in [6, 6.07) is 5.37. The minimum absolute atomic E-state index is 0.109. The third-order valence-corrected chi connectivity index (χ3v) is 3.18. The second kappa shape index (κ2) is 4.28. The average molecular weight is 257 g/mol. The molecule has 0 saturated heterocycles. The fourth-order valence-corrected chi connectivity index (χ4v) is 2.32. The van der Waals surface area contributed by atoms with Gasteiger partial charge in [0.15, 0.2) is 6.10 Å². The number of hydrogen-bond donors (Lipinski definition) is 2. The van der Waals surface area contributed by atoms with Crippen molar-refractivity contribution >= 4 is 18.0 Å². The summed E-state index contributed by atoms with van der Waals surface area (Å²) in [6.07, 6.45) is 5.56. The summed E-state index contributed by atoms with van der Waals surface area (Å²) in [6.45, 7) is 0. The Bertz CT molecular complexity index is 618. The van der Waals surface area contributed by atoms with E-state index in [1.807, 2.05) is 12.1 Å². The standard InChI is InChI=1S/C14H11NO4/c16-12(17)4-2-8-1-3-11-10(7-8)9-5-6-15-14(18)13(9)19-11/h1-7,9,13H,(H,15,18)(H,16,17)/b4-2+. The monoisotopic (exact) mass is 257 g/mol. The highest BCUT2D eigenvalue weighted by atomic mass is 16.5. The summed E-state index contributed by atoms with van der Waals surface area (Å²) < 4.78 is 5.60. The molecule has 0 aromatic heterocycles. The lowest BCUT2D eigenvalue weighted by molar-refractivity contribution is -0.131. The molecule has 2 unspecified atom stereocenters. The van der Waals surface area contributed by atoms with Gasteiger partial charge in [-0.1, -0.05) is 12.1 Å². The summed E-state index contributed by atoms with van der Waals surface area (Å²) in [5.41, 5.74) is 1.67. The smallest absolute Gasteiger partial charge is 0.328 e. The number of carboxylic acid groups (broad SMARTS) is 1. The SMILES string of the molecule is O=C(O)/C=C/c1ccc2c(c1)C1C=CNC(=O)C1O2. The number of carbonyl (C=O) groups is 2. The molecular formula is C14H11NO4. The fraction of sp³-hybridized carbons (Fsp3) is 0.143. The second-order valence-electron chi connectivity index (χ2n) is 4.40. The molecule has 5 nitrogen and oxygen atoms in total. The van der Waals surface area contributed by atoms with Crippen molar-refractivity contribution in [1.82, 2.24) is 5.32 Å². The molecule has 3 rings (SSSR count). The molecule has 19 heavy (non-hydrogen) atoms. The Morgan fingerprint density at radius 3 is 3.05 bits per heavy atom. The zero-order valence-corrected chi connectivity index (χ0v) is 9.87. The summed E-state index contributed by atoms with van der Waals surface area (Å²) >= 11 is 0. The van der Waals surface area contributed by atoms with E-state index in [-0.39, 0.29) is 11.8 Å². The van der Waals surface area contributed by atoms with Gasteiger partial charge in [-0.05, 0) is 23.8 Å². The molecule has 2 heterocycles. The van der Waals surface area contributed by atoms with Crippen molar-refractivity contribution in [1.29, 1.82) is 0 Å². The molecule has 0 spiro atoms. The first-order valence-corrected chi connectivity index (χ1v) is 5.84. The molecule has 2 aliphatic rings. The number of carboxylic acids is 1. The Balaban J connectivity index is 1.97. The van der Waals surface area contributed by atoms with Crippen LogP contribution in [0.3, 0.4) is 0 Å². The van der Waals surface area contributed by atoms with Crippen LogP contribution in [0.15, 0.2) is 36.6 Å². The minimum Gasteiger partial charge on any atom is -0.479 e. The molecular weight excluding hydrogens is 246 g/mol. The number of benzene rings is 1. The third kappa shape index (κ3) is 1.99. The normalized spacial score (nSPS) is 23.7. The maximum Gasteiger partial charge on any atom is 0.328 e. The Labute approximate surface area is 109 Å². The van der Waals surface area contributed by atoms with Gasteiger partial charge in [-0.3, -0.25) is 4.79 Å². The summed E-state index contributed by atoms with van der Waals surface area (Å²) in [4.78, 5) is 22.2. The molecule has 1 amide bonds. The van der Waals surface area contributed by atoms with Crippen molar-refractivity contribution in [3.05, 3.63) is 47.7 Å². The third-order valence-electron chi connectivity index (χ3n) is 3.18. The van der Waals surface area contributed by atoms with Crippen molar-refractivity contribution in [3.8, 4) is 5.75 Å². The van der Waals surface area contributed by atoms with E-state index in [1.165, 1.54) is 6.08 Å². The van der Waals surface area contributed by atoms with Gasteiger partial charge in [0.2, 0.25) is 0 Å². The summed E-state index contributed by atoms with van der Waals surface area (Å²) in [7, 11) is 0. The van der Waals surface area contributed by atoms with Crippen LogP contribution in [0.5, 0.6) is 5.75 Å². The molecule has 0 radical (unpaired) electrons. The number of carbonyl (C=O) groups excluding carboxylic acids is 1. The molecule has 5 heteroatoms. The van der Waals surface area contributed by atoms with E-state index in [2.05, 4.69) is 5.32 Å². The van der Waals surface area contributed by atoms with Crippen LogP contribution in [0.2, 0.25) is 0 Å². The van der Waals surface area contributed by atoms with Gasteiger partial charge in [0.1, 0.15) is 5.75 Å². The number of aliphatic carboxylic acids is 1. The Morgan fingerprint density at radius 2 is 2.26 bits per heavy atom. The lowest BCUT2D eigenvalue weighted by Gasteiger charge is -2.18. The first kappa shape index (κ1) is 11.5. The van der Waals surface area contributed by atoms with E-state index < -0.39 is 12.1 Å². The molecule has 0 saturated carbocycles. The first-order valence-electron chi connectivity index (χ1n) is 5.84. The highest BCUT2D eigenvalue weighted by Gasteiger charge is 2.39. The van der Waals surface area contributed by atoms with Crippen LogP contribution in [0.25, 0.3) is 6.08 Å². The van der Waals surface area contributed by atoms with Gasteiger partial charge in [-0.2, -0.15) is 0 Å². The highest BCUT2D eigenvalue weighted by molar-refractivity contribution is 5.87. The van der Waals surface area contributed by atoms with E-state index in [1.54, 1.807) is 18.3 Å². The van der Waals surface area contributed by atoms with Crippen molar-refractivity contribution in [2.75, 3.05) is 0 Å². The maximum atomic E-state index is 11.7. The molecule has 1 aromatic rings. The second-order valence-corrected chi connectivity index (χ2v) is 4.40. The van der Waals surface area contributed by atoms with Gasteiger partial charge in [0.25, 0.3) is 5.91 Å². The lowest BCUT2D eigenvalue weighted by atomic mass is 9.92. The number of ether oxygens (including phenoxy) is 1. The van der Waals surface area contributed by atoms with Crippen LogP contribution in [-0.4, -0.2) is 23.1 Å². The van der Waals surface area contributed by atoms with Gasteiger partial charge in [0, 0.05) is 17.8 Å². The van der Waals surface area contributed by atoms with Crippen molar-refractivity contribution < 1.29 is 19.4 Å².